The van der Waals surface area contributed by atoms with Crippen LogP contribution in [0.2, 0.25) is 0 Å². The average molecular weight is 395 g/mol. The van der Waals surface area contributed by atoms with Gasteiger partial charge in [-0.15, -0.1) is 0 Å². The first-order chi connectivity index (χ1) is 13.5. The summed E-state index contributed by atoms with van der Waals surface area (Å²) < 4.78 is 2.39. The highest BCUT2D eigenvalue weighted by atomic mass is 32.1. The van der Waals surface area contributed by atoms with Crippen LogP contribution in [0.3, 0.4) is 0 Å². The van der Waals surface area contributed by atoms with Crippen molar-refractivity contribution >= 4 is 23.8 Å². The summed E-state index contributed by atoms with van der Waals surface area (Å²) in [7, 11) is 0. The molecule has 0 bridgehead atoms. The zero-order valence-electron chi connectivity index (χ0n) is 16.5. The first-order valence-electron chi connectivity index (χ1n) is 9.60. The number of aromatic amines is 1. The SMILES string of the molecule is CC[C@@H](C)c1ccc(NC(=O)CCn2c(-c3cccc(C)c3)n[nH]c2=S)cc1. The monoisotopic (exact) mass is 394 g/mol. The largest absolute Gasteiger partial charge is 0.326 e. The quantitative estimate of drug-likeness (QED) is 0.523. The highest BCUT2D eigenvalue weighted by molar-refractivity contribution is 7.71. The molecule has 1 atom stereocenters. The van der Waals surface area contributed by atoms with Crippen molar-refractivity contribution in [1.29, 1.82) is 0 Å². The third kappa shape index (κ3) is 4.75. The molecule has 28 heavy (non-hydrogen) atoms. The van der Waals surface area contributed by atoms with Crippen LogP contribution < -0.4 is 5.32 Å². The van der Waals surface area contributed by atoms with Gasteiger partial charge in [0.2, 0.25) is 5.91 Å². The summed E-state index contributed by atoms with van der Waals surface area (Å²) in [5, 5.41) is 10.1. The Morgan fingerprint density at radius 1 is 1.25 bits per heavy atom. The lowest BCUT2D eigenvalue weighted by atomic mass is 9.99. The number of anilines is 1. The van der Waals surface area contributed by atoms with E-state index in [1.54, 1.807) is 0 Å². The van der Waals surface area contributed by atoms with Crippen LogP contribution in [0.5, 0.6) is 0 Å². The minimum atomic E-state index is -0.0467. The van der Waals surface area contributed by atoms with Gasteiger partial charge in [-0.1, -0.05) is 49.7 Å². The van der Waals surface area contributed by atoms with E-state index in [1.165, 1.54) is 5.56 Å². The number of aryl methyl sites for hydroxylation is 1. The molecule has 0 radical (unpaired) electrons. The third-order valence-electron chi connectivity index (χ3n) is 4.97. The van der Waals surface area contributed by atoms with Crippen LogP contribution >= 0.6 is 12.2 Å². The number of H-pyrrole nitrogens is 1. The van der Waals surface area contributed by atoms with Crippen LogP contribution in [0.4, 0.5) is 5.69 Å². The molecule has 0 aliphatic heterocycles. The molecule has 1 amide bonds. The predicted octanol–water partition coefficient (Wildman–Crippen LogP) is 5.46. The molecule has 2 aromatic carbocycles. The van der Waals surface area contributed by atoms with Gasteiger partial charge in [0, 0.05) is 24.2 Å². The van der Waals surface area contributed by atoms with Gasteiger partial charge in [0.05, 0.1) is 0 Å². The lowest BCUT2D eigenvalue weighted by Crippen LogP contribution is -2.15. The number of rotatable bonds is 7. The zero-order valence-corrected chi connectivity index (χ0v) is 17.3. The summed E-state index contributed by atoms with van der Waals surface area (Å²) >= 11 is 5.35. The van der Waals surface area contributed by atoms with E-state index in [0.717, 1.165) is 29.1 Å². The molecular weight excluding hydrogens is 368 g/mol. The summed E-state index contributed by atoms with van der Waals surface area (Å²) in [5.41, 5.74) is 4.23. The molecule has 0 saturated heterocycles. The summed E-state index contributed by atoms with van der Waals surface area (Å²) in [6.07, 6.45) is 1.42. The van der Waals surface area contributed by atoms with Gasteiger partial charge in [-0.2, -0.15) is 5.10 Å². The molecular formula is C22H26N4OS. The van der Waals surface area contributed by atoms with Gasteiger partial charge in [-0.3, -0.25) is 14.5 Å². The van der Waals surface area contributed by atoms with Gasteiger partial charge in [0.25, 0.3) is 0 Å². The second kappa shape index (κ2) is 8.97. The number of carbonyl (C=O) groups excluding carboxylic acids is 1. The third-order valence-corrected chi connectivity index (χ3v) is 5.28. The van der Waals surface area contributed by atoms with E-state index in [0.29, 0.717) is 23.7 Å². The zero-order chi connectivity index (χ0) is 20.1. The number of carbonyl (C=O) groups is 1. The highest BCUT2D eigenvalue weighted by Gasteiger charge is 2.11. The topological polar surface area (TPSA) is 62.7 Å². The summed E-state index contributed by atoms with van der Waals surface area (Å²) in [6, 6.07) is 16.1. The van der Waals surface area contributed by atoms with Crippen LogP contribution in [-0.2, 0) is 11.3 Å². The van der Waals surface area contributed by atoms with E-state index in [1.807, 2.05) is 41.8 Å². The molecule has 0 spiro atoms. The number of nitrogens with one attached hydrogen (secondary N) is 2. The molecule has 1 heterocycles. The van der Waals surface area contributed by atoms with Crippen LogP contribution in [0.15, 0.2) is 48.5 Å². The Balaban J connectivity index is 1.65. The van der Waals surface area contributed by atoms with Crippen molar-refractivity contribution in [2.75, 3.05) is 5.32 Å². The Kier molecular flexibility index (Phi) is 6.41. The molecule has 2 N–H and O–H groups in total. The number of hydrogen-bond donors (Lipinski definition) is 2. The Bertz CT molecular complexity index is 1000. The summed E-state index contributed by atoms with van der Waals surface area (Å²) in [5.74, 6) is 1.22. The van der Waals surface area contributed by atoms with Crippen molar-refractivity contribution in [1.82, 2.24) is 14.8 Å². The van der Waals surface area contributed by atoms with Crippen molar-refractivity contribution < 1.29 is 4.79 Å². The molecule has 3 rings (SSSR count). The molecule has 0 fully saturated rings. The molecule has 3 aromatic rings. The van der Waals surface area contributed by atoms with E-state index in [-0.39, 0.29) is 5.91 Å². The van der Waals surface area contributed by atoms with Crippen LogP contribution in [0.1, 0.15) is 43.7 Å². The van der Waals surface area contributed by atoms with Crippen LogP contribution in [-0.4, -0.2) is 20.7 Å². The maximum Gasteiger partial charge on any atom is 0.226 e. The minimum Gasteiger partial charge on any atom is -0.326 e. The molecule has 5 nitrogen and oxygen atoms in total. The number of aromatic nitrogens is 3. The Hall–Kier alpha value is -2.73. The summed E-state index contributed by atoms with van der Waals surface area (Å²) in [4.78, 5) is 12.4. The van der Waals surface area contributed by atoms with Gasteiger partial charge in [-0.05, 0) is 55.2 Å². The molecule has 0 aliphatic rings. The van der Waals surface area contributed by atoms with E-state index >= 15 is 0 Å². The molecule has 0 aliphatic carbocycles. The first kappa shape index (κ1) is 20.0. The fraction of sp³-hybridized carbons (Fsp3) is 0.318. The Labute approximate surface area is 170 Å². The lowest BCUT2D eigenvalue weighted by Gasteiger charge is -2.11. The number of hydrogen-bond acceptors (Lipinski definition) is 3. The van der Waals surface area contributed by atoms with Crippen molar-refractivity contribution in [2.45, 2.75) is 46.1 Å². The average Bonchev–Trinajstić information content (AvgIpc) is 3.07. The fourth-order valence-electron chi connectivity index (χ4n) is 3.10. The Morgan fingerprint density at radius 2 is 2.00 bits per heavy atom. The van der Waals surface area contributed by atoms with E-state index < -0.39 is 0 Å². The van der Waals surface area contributed by atoms with Crippen LogP contribution in [0.25, 0.3) is 11.4 Å². The van der Waals surface area contributed by atoms with Gasteiger partial charge >= 0.3 is 0 Å². The van der Waals surface area contributed by atoms with E-state index in [4.69, 9.17) is 12.2 Å². The van der Waals surface area contributed by atoms with E-state index in [2.05, 4.69) is 47.6 Å². The minimum absolute atomic E-state index is 0.0467. The number of benzene rings is 2. The van der Waals surface area contributed by atoms with Crippen molar-refractivity contribution in [3.63, 3.8) is 0 Å². The molecule has 0 saturated carbocycles. The predicted molar refractivity (Wildman–Crippen MR) is 116 cm³/mol. The maximum absolute atomic E-state index is 12.4. The maximum atomic E-state index is 12.4. The normalized spacial score (nSPS) is 12.0. The Morgan fingerprint density at radius 3 is 2.68 bits per heavy atom. The van der Waals surface area contributed by atoms with Crippen LogP contribution in [0, 0.1) is 11.7 Å². The molecule has 0 unspecified atom stereocenters. The smallest absolute Gasteiger partial charge is 0.226 e. The standard InChI is InChI=1S/C22H26N4OS/c1-4-16(3)17-8-10-19(11-9-17)23-20(27)12-13-26-21(24-25-22(26)28)18-7-5-6-15(2)14-18/h5-11,14,16H,4,12-13H2,1-3H3,(H,23,27)(H,25,28)/t16-/m1/s1. The first-order valence-corrected chi connectivity index (χ1v) is 10.0. The van der Waals surface area contributed by atoms with Crippen molar-refractivity contribution in [3.8, 4) is 11.4 Å². The fourth-order valence-corrected chi connectivity index (χ4v) is 3.32. The van der Waals surface area contributed by atoms with Gasteiger partial charge in [-0.25, -0.2) is 0 Å². The molecule has 1 aromatic heterocycles. The van der Waals surface area contributed by atoms with Crippen molar-refractivity contribution in [2.24, 2.45) is 0 Å². The number of nitrogens with zero attached hydrogens (tertiary/aromatic N) is 2. The summed E-state index contributed by atoms with van der Waals surface area (Å²) in [6.45, 7) is 6.88. The van der Waals surface area contributed by atoms with E-state index in [9.17, 15) is 4.79 Å². The highest BCUT2D eigenvalue weighted by Crippen LogP contribution is 2.21. The second-order valence-corrected chi connectivity index (χ2v) is 7.49. The number of amides is 1. The second-order valence-electron chi connectivity index (χ2n) is 7.10. The van der Waals surface area contributed by atoms with Gasteiger partial charge in [0.1, 0.15) is 0 Å². The lowest BCUT2D eigenvalue weighted by molar-refractivity contribution is -0.116. The molecule has 146 valence electrons. The molecule has 6 heteroatoms. The van der Waals surface area contributed by atoms with Gasteiger partial charge in [0.15, 0.2) is 10.6 Å². The van der Waals surface area contributed by atoms with Gasteiger partial charge < -0.3 is 5.32 Å². The van der Waals surface area contributed by atoms with Crippen molar-refractivity contribution in [3.05, 3.63) is 64.4 Å².